The van der Waals surface area contributed by atoms with Crippen molar-refractivity contribution in [2.45, 2.75) is 136 Å². The predicted molar refractivity (Wildman–Crippen MR) is 241 cm³/mol. The molecule has 1 amide bonds. The van der Waals surface area contributed by atoms with Gasteiger partial charge in [0.25, 0.3) is 0 Å². The number of fused-ring (bicyclic) bond motifs is 2. The number of hydrogen-bond acceptors (Lipinski definition) is 12. The lowest BCUT2D eigenvalue weighted by atomic mass is 9.98. The number of amides is 1. The van der Waals surface area contributed by atoms with Crippen molar-refractivity contribution in [3.8, 4) is 11.5 Å². The number of nitrogens with zero attached hydrogens (tertiary/aromatic N) is 1. The second kappa shape index (κ2) is 21.5. The number of benzene rings is 2. The fourth-order valence-corrected chi connectivity index (χ4v) is 7.57. The van der Waals surface area contributed by atoms with Gasteiger partial charge in [0.05, 0.1) is 25.5 Å². The summed E-state index contributed by atoms with van der Waals surface area (Å²) >= 11 is 0. The third-order valence-electron chi connectivity index (χ3n) is 11.1. The van der Waals surface area contributed by atoms with E-state index >= 15 is 0 Å². The van der Waals surface area contributed by atoms with Gasteiger partial charge in [0, 0.05) is 45.3 Å². The van der Waals surface area contributed by atoms with Crippen LogP contribution in [0, 0.1) is 5.92 Å². The van der Waals surface area contributed by atoms with E-state index in [1.54, 1.807) is 24.1 Å². The zero-order chi connectivity index (χ0) is 45.2. The van der Waals surface area contributed by atoms with Crippen LogP contribution in [0.1, 0.15) is 97.1 Å². The number of methoxy groups -OCH3 is 2. The van der Waals surface area contributed by atoms with E-state index in [2.05, 4.69) is 39.2 Å². The van der Waals surface area contributed by atoms with Crippen LogP contribution in [0.3, 0.4) is 0 Å². The summed E-state index contributed by atoms with van der Waals surface area (Å²) in [5.74, 6) is -0.713. The molecular weight excluding hydrogens is 797 g/mol. The van der Waals surface area contributed by atoms with Crippen LogP contribution in [0.5, 0.6) is 11.5 Å². The molecule has 2 aromatic carbocycles. The number of nitrogens with one attached hydrogen (secondary N) is 1. The minimum atomic E-state index is -1.91. The molecule has 0 unspecified atom stereocenters. The summed E-state index contributed by atoms with van der Waals surface area (Å²) in [5.41, 5.74) is 1.35. The lowest BCUT2D eigenvalue weighted by molar-refractivity contribution is -0.156. The third-order valence-corrected chi connectivity index (χ3v) is 15.6. The maximum Gasteiger partial charge on any atom is 0.414 e. The molecule has 4 rings (SSSR count). The number of ether oxygens (including phenoxy) is 8. The van der Waals surface area contributed by atoms with Gasteiger partial charge in [0.1, 0.15) is 41.0 Å². The van der Waals surface area contributed by atoms with Gasteiger partial charge in [0.2, 0.25) is 0 Å². The summed E-state index contributed by atoms with van der Waals surface area (Å²) in [6.45, 7) is 26.2. The van der Waals surface area contributed by atoms with E-state index in [0.29, 0.717) is 44.0 Å². The summed E-state index contributed by atoms with van der Waals surface area (Å²) in [7, 11) is 1.22. The quantitative estimate of drug-likeness (QED) is 0.0602. The summed E-state index contributed by atoms with van der Waals surface area (Å²) < 4.78 is 54.7. The lowest BCUT2D eigenvalue weighted by Crippen LogP contribution is -2.43. The average molecular weight is 869 g/mol. The van der Waals surface area contributed by atoms with E-state index in [1.807, 2.05) is 97.0 Å². The Morgan fingerprint density at radius 1 is 0.984 bits per heavy atom. The number of rotatable bonds is 15. The van der Waals surface area contributed by atoms with Crippen molar-refractivity contribution in [1.82, 2.24) is 5.32 Å². The molecule has 0 spiro atoms. The highest BCUT2D eigenvalue weighted by Crippen LogP contribution is 2.38. The third kappa shape index (κ3) is 14.7. The zero-order valence-corrected chi connectivity index (χ0v) is 40.0. The van der Waals surface area contributed by atoms with Gasteiger partial charge in [0.15, 0.2) is 20.9 Å². The first-order chi connectivity index (χ1) is 28.5. The standard InChI is InChI=1S/C47H72N2O11Si/c1-32-18-23-38(54-30-34-19-21-37(53-12)22-20-34)42-39(58-47(9,10)59-42)17-15-16-35-28-36(29-40(55-31-52-11)41(35)43(50)57-33(32)2)49(44(51)60-45(3,4)5)26-24-48-25-27-56-61(13,14)46(6,7)8/h15-16,18-23,28-29,32-33,38-39,42,48H,17,24-27,30-31H2,1-14H3/b16-15?,23-18-/t32-,33+,38-,39+,42-/m1/s1. The van der Waals surface area contributed by atoms with Crippen LogP contribution in [0.2, 0.25) is 18.1 Å². The number of esters is 1. The van der Waals surface area contributed by atoms with E-state index in [0.717, 1.165) is 11.3 Å². The van der Waals surface area contributed by atoms with Crippen molar-refractivity contribution in [2.24, 2.45) is 5.92 Å². The monoisotopic (exact) mass is 868 g/mol. The number of carbonyl (C=O) groups excluding carboxylic acids is 2. The fourth-order valence-electron chi connectivity index (χ4n) is 6.52. The molecule has 0 radical (unpaired) electrons. The molecule has 2 aromatic rings. The first kappa shape index (κ1) is 49.9. The predicted octanol–water partition coefficient (Wildman–Crippen LogP) is 9.29. The Bertz CT molecular complexity index is 1800. The minimum absolute atomic E-state index is 0.0993. The van der Waals surface area contributed by atoms with Gasteiger partial charge < -0.3 is 47.6 Å². The Labute approximate surface area is 365 Å². The van der Waals surface area contributed by atoms with Crippen LogP contribution in [0.4, 0.5) is 10.5 Å². The van der Waals surface area contributed by atoms with Crippen LogP contribution in [-0.4, -0.2) is 103 Å². The van der Waals surface area contributed by atoms with Gasteiger partial charge in [-0.2, -0.15) is 0 Å². The molecule has 2 aliphatic heterocycles. The van der Waals surface area contributed by atoms with Crippen molar-refractivity contribution in [3.63, 3.8) is 0 Å². The second-order valence-electron chi connectivity index (χ2n) is 18.7. The largest absolute Gasteiger partial charge is 0.497 e. The molecule has 2 heterocycles. The maximum atomic E-state index is 14.3. The van der Waals surface area contributed by atoms with Crippen LogP contribution in [0.15, 0.2) is 54.6 Å². The lowest BCUT2D eigenvalue weighted by Gasteiger charge is -2.36. The first-order valence-electron chi connectivity index (χ1n) is 21.3. The normalized spacial score (nSPS) is 22.7. The smallest absolute Gasteiger partial charge is 0.414 e. The highest BCUT2D eigenvalue weighted by atomic mass is 28.4. The maximum absolute atomic E-state index is 14.3. The molecular formula is C47H72N2O11Si. The Morgan fingerprint density at radius 3 is 2.33 bits per heavy atom. The number of carbonyl (C=O) groups is 2. The Hall–Kier alpha value is -3.76. The Kier molecular flexibility index (Phi) is 17.6. The topological polar surface area (TPSA) is 132 Å². The van der Waals surface area contributed by atoms with Crippen molar-refractivity contribution in [2.75, 3.05) is 52.2 Å². The number of hydrogen-bond donors (Lipinski definition) is 1. The van der Waals surface area contributed by atoms with E-state index in [4.69, 9.17) is 42.3 Å². The molecule has 0 bridgehead atoms. The van der Waals surface area contributed by atoms with Gasteiger partial charge >= 0.3 is 12.1 Å². The van der Waals surface area contributed by atoms with Crippen molar-refractivity contribution >= 4 is 32.1 Å². The highest BCUT2D eigenvalue weighted by Gasteiger charge is 2.45. The molecule has 0 saturated carbocycles. The van der Waals surface area contributed by atoms with Crippen LogP contribution in [-0.2, 0) is 39.5 Å². The molecule has 14 heteroatoms. The molecule has 13 nitrogen and oxygen atoms in total. The van der Waals surface area contributed by atoms with E-state index < -0.39 is 56.2 Å². The van der Waals surface area contributed by atoms with Gasteiger partial charge in [-0.15, -0.1) is 0 Å². The average Bonchev–Trinajstić information content (AvgIpc) is 3.48. The molecule has 1 saturated heterocycles. The molecule has 0 aromatic heterocycles. The van der Waals surface area contributed by atoms with Crippen LogP contribution < -0.4 is 19.7 Å². The van der Waals surface area contributed by atoms with E-state index in [9.17, 15) is 9.59 Å². The summed E-state index contributed by atoms with van der Waals surface area (Å²) in [6.07, 6.45) is 5.70. The second-order valence-corrected chi connectivity index (χ2v) is 23.5. The summed E-state index contributed by atoms with van der Waals surface area (Å²) in [6, 6.07) is 11.2. The van der Waals surface area contributed by atoms with Crippen molar-refractivity contribution in [3.05, 3.63) is 71.3 Å². The van der Waals surface area contributed by atoms with Gasteiger partial charge in [-0.25, -0.2) is 9.59 Å². The number of anilines is 1. The van der Waals surface area contributed by atoms with Crippen molar-refractivity contribution in [1.29, 1.82) is 0 Å². The summed E-state index contributed by atoms with van der Waals surface area (Å²) in [5, 5.41) is 3.53. The first-order valence-corrected chi connectivity index (χ1v) is 24.3. The molecule has 5 atom stereocenters. The van der Waals surface area contributed by atoms with Crippen LogP contribution in [0.25, 0.3) is 6.08 Å². The molecule has 0 aliphatic carbocycles. The molecule has 1 fully saturated rings. The SMILES string of the molecule is COCOc1cc(N(CCNCCO[Si](C)(C)C(C)(C)C)C(=O)OC(C)(C)C)cc2c1C(=O)O[C@@H](C)[C@H](C)/C=C\[C@@H](OCc1ccc(OC)cc1)[C@H]1OC(C)(C)O[C@H]1CC=C2. The zero-order valence-electron chi connectivity index (χ0n) is 39.0. The van der Waals surface area contributed by atoms with Crippen LogP contribution >= 0.6 is 0 Å². The fraction of sp³-hybridized carbons (Fsp3) is 0.617. The minimum Gasteiger partial charge on any atom is -0.497 e. The Morgan fingerprint density at radius 2 is 1.69 bits per heavy atom. The van der Waals surface area contributed by atoms with Gasteiger partial charge in [-0.3, -0.25) is 4.90 Å². The van der Waals surface area contributed by atoms with E-state index in [-0.39, 0.29) is 35.6 Å². The molecule has 1 N–H and O–H groups in total. The number of cyclic esters (lactones) is 1. The molecule has 2 aliphatic rings. The Balaban J connectivity index is 1.72. The van der Waals surface area contributed by atoms with Crippen molar-refractivity contribution < 1.29 is 51.9 Å². The molecule has 340 valence electrons. The van der Waals surface area contributed by atoms with Gasteiger partial charge in [-0.05, 0) is 95.4 Å². The van der Waals surface area contributed by atoms with Gasteiger partial charge in [-0.1, -0.05) is 64.1 Å². The summed E-state index contributed by atoms with van der Waals surface area (Å²) in [4.78, 5) is 29.8. The molecule has 61 heavy (non-hydrogen) atoms. The highest BCUT2D eigenvalue weighted by molar-refractivity contribution is 6.74. The van der Waals surface area contributed by atoms with E-state index in [1.165, 1.54) is 7.11 Å².